The Morgan fingerprint density at radius 3 is 2.45 bits per heavy atom. The van der Waals surface area contributed by atoms with Crippen LogP contribution in [-0.2, 0) is 9.84 Å². The van der Waals surface area contributed by atoms with Gasteiger partial charge in [-0.3, -0.25) is 0 Å². The van der Waals surface area contributed by atoms with E-state index in [-0.39, 0.29) is 17.2 Å². The second kappa shape index (κ2) is 1.65. The normalized spacial score (nSPS) is 43.1. The Hall–Kier alpha value is -0.450. The average Bonchev–Trinajstić information content (AvgIpc) is 2.05. The Morgan fingerprint density at radius 2 is 2.09 bits per heavy atom. The zero-order valence-electron chi connectivity index (χ0n) is 6.48. The predicted molar refractivity (Wildman–Crippen MR) is 40.0 cm³/mol. The topological polar surface area (TPSA) is 58.9 Å². The molecular weight excluding hydrogens is 164 g/mol. The third-order valence-corrected chi connectivity index (χ3v) is 4.44. The minimum atomic E-state index is -2.89. The van der Waals surface area contributed by atoms with Gasteiger partial charge in [-0.2, -0.15) is 10.2 Å². The summed E-state index contributed by atoms with van der Waals surface area (Å²) in [6, 6.07) is 0. The summed E-state index contributed by atoms with van der Waals surface area (Å²) in [6.45, 7) is 3.85. The molecule has 2 unspecified atom stereocenters. The van der Waals surface area contributed by atoms with Crippen LogP contribution in [0.2, 0.25) is 0 Å². The van der Waals surface area contributed by atoms with Crippen molar-refractivity contribution in [3.63, 3.8) is 0 Å². The first-order valence-corrected chi connectivity index (χ1v) is 5.29. The van der Waals surface area contributed by atoms with E-state index >= 15 is 0 Å². The molecule has 2 heterocycles. The van der Waals surface area contributed by atoms with Crippen molar-refractivity contribution < 1.29 is 8.42 Å². The molecule has 62 valence electrons. The molecule has 0 N–H and O–H groups in total. The summed E-state index contributed by atoms with van der Waals surface area (Å²) in [5.41, 5.74) is -0.254. The van der Waals surface area contributed by atoms with Crippen molar-refractivity contribution >= 4 is 9.84 Å². The molecular formula is C6H10N2O2S. The molecule has 2 atom stereocenters. The largest absolute Gasteiger partial charge is 0.227 e. The van der Waals surface area contributed by atoms with Crippen molar-refractivity contribution in [1.29, 1.82) is 0 Å². The first-order chi connectivity index (χ1) is 4.93. The Balaban J connectivity index is 2.35. The van der Waals surface area contributed by atoms with Gasteiger partial charge in [0.15, 0.2) is 15.2 Å². The summed E-state index contributed by atoms with van der Waals surface area (Å²) in [5.74, 6) is 0.394. The number of nitrogens with zero attached hydrogens (tertiary/aromatic N) is 2. The van der Waals surface area contributed by atoms with Crippen LogP contribution in [0.4, 0.5) is 0 Å². The van der Waals surface area contributed by atoms with E-state index in [2.05, 4.69) is 10.2 Å². The van der Waals surface area contributed by atoms with Crippen molar-refractivity contribution in [3.05, 3.63) is 0 Å². The lowest BCUT2D eigenvalue weighted by atomic mass is 9.90. The van der Waals surface area contributed by atoms with E-state index in [0.717, 1.165) is 0 Å². The van der Waals surface area contributed by atoms with Crippen LogP contribution in [0.15, 0.2) is 10.2 Å². The summed E-state index contributed by atoms with van der Waals surface area (Å²) in [7, 11) is -2.89. The van der Waals surface area contributed by atoms with Gasteiger partial charge in [-0.1, -0.05) is 0 Å². The zero-order valence-corrected chi connectivity index (χ0v) is 7.30. The molecule has 1 fully saturated rings. The maximum absolute atomic E-state index is 11.0. The van der Waals surface area contributed by atoms with Crippen molar-refractivity contribution in [2.45, 2.75) is 24.8 Å². The molecule has 0 aromatic rings. The summed E-state index contributed by atoms with van der Waals surface area (Å²) in [5, 5.41) is 7.16. The molecule has 0 aromatic heterocycles. The molecule has 1 saturated heterocycles. The summed E-state index contributed by atoms with van der Waals surface area (Å²) >= 11 is 0. The third-order valence-electron chi connectivity index (χ3n) is 2.46. The SMILES string of the molecule is CC1(C)N=NC2C1CS2(=O)=O. The highest BCUT2D eigenvalue weighted by atomic mass is 32.2. The number of azo groups is 1. The van der Waals surface area contributed by atoms with Crippen LogP contribution in [0.25, 0.3) is 0 Å². The first-order valence-electron chi connectivity index (χ1n) is 3.57. The fourth-order valence-corrected chi connectivity index (χ4v) is 3.59. The number of hydrogen-bond acceptors (Lipinski definition) is 4. The van der Waals surface area contributed by atoms with E-state index in [4.69, 9.17) is 0 Å². The van der Waals surface area contributed by atoms with E-state index in [0.29, 0.717) is 0 Å². The van der Waals surface area contributed by atoms with Gasteiger partial charge in [0.2, 0.25) is 0 Å². The minimum absolute atomic E-state index is 0.132. The van der Waals surface area contributed by atoms with E-state index < -0.39 is 15.2 Å². The van der Waals surface area contributed by atoms with Gasteiger partial charge in [0, 0.05) is 5.92 Å². The highest BCUT2D eigenvalue weighted by Crippen LogP contribution is 2.44. The van der Waals surface area contributed by atoms with Gasteiger partial charge >= 0.3 is 0 Å². The molecule has 4 nitrogen and oxygen atoms in total. The second-order valence-electron chi connectivity index (χ2n) is 3.70. The fourth-order valence-electron chi connectivity index (χ4n) is 1.54. The summed E-state index contributed by atoms with van der Waals surface area (Å²) < 4.78 is 22.1. The standard InChI is InChI=1S/C6H10N2O2S/c1-6(2)4-3-11(9,10)5(4)7-8-6/h4-5H,3H2,1-2H3. The van der Waals surface area contributed by atoms with Gasteiger partial charge < -0.3 is 0 Å². The Morgan fingerprint density at radius 1 is 1.45 bits per heavy atom. The molecule has 5 heteroatoms. The molecule has 0 bridgehead atoms. The summed E-state index contributed by atoms with van der Waals surface area (Å²) in [4.78, 5) is 0. The van der Waals surface area contributed by atoms with Crippen molar-refractivity contribution in [3.8, 4) is 0 Å². The Labute approximate surface area is 65.6 Å². The number of sulfone groups is 1. The molecule has 2 aliphatic heterocycles. The molecule has 0 aliphatic carbocycles. The van der Waals surface area contributed by atoms with Crippen LogP contribution in [0, 0.1) is 5.92 Å². The molecule has 0 amide bonds. The maximum atomic E-state index is 11.0. The van der Waals surface area contributed by atoms with Crippen molar-refractivity contribution in [2.75, 3.05) is 5.75 Å². The zero-order chi connectivity index (χ0) is 8.28. The molecule has 0 saturated carbocycles. The lowest BCUT2D eigenvalue weighted by molar-refractivity contribution is 0.355. The van der Waals surface area contributed by atoms with Crippen LogP contribution >= 0.6 is 0 Å². The lowest BCUT2D eigenvalue weighted by Crippen LogP contribution is -2.51. The molecule has 0 spiro atoms. The third kappa shape index (κ3) is 0.772. The van der Waals surface area contributed by atoms with E-state index in [9.17, 15) is 8.42 Å². The highest BCUT2D eigenvalue weighted by Gasteiger charge is 2.57. The Bertz CT molecular complexity index is 317. The first kappa shape index (κ1) is 7.21. The number of hydrogen-bond donors (Lipinski definition) is 0. The predicted octanol–water partition coefficient (Wildman–Crippen LogP) is 0.602. The molecule has 0 radical (unpaired) electrons. The van der Waals surface area contributed by atoms with E-state index in [1.807, 2.05) is 13.8 Å². The fraction of sp³-hybridized carbons (Fsp3) is 1.00. The van der Waals surface area contributed by atoms with Crippen LogP contribution in [0.5, 0.6) is 0 Å². The minimum Gasteiger partial charge on any atom is -0.227 e. The second-order valence-corrected chi connectivity index (χ2v) is 5.84. The smallest absolute Gasteiger partial charge is 0.178 e. The molecule has 2 rings (SSSR count). The van der Waals surface area contributed by atoms with Crippen LogP contribution < -0.4 is 0 Å². The van der Waals surface area contributed by atoms with E-state index in [1.54, 1.807) is 0 Å². The molecule has 2 aliphatic rings. The summed E-state index contributed by atoms with van der Waals surface area (Å²) in [6.07, 6.45) is 0. The van der Waals surface area contributed by atoms with Gasteiger partial charge in [0.25, 0.3) is 0 Å². The van der Waals surface area contributed by atoms with Crippen LogP contribution in [-0.4, -0.2) is 25.1 Å². The van der Waals surface area contributed by atoms with Gasteiger partial charge in [-0.05, 0) is 13.8 Å². The lowest BCUT2D eigenvalue weighted by Gasteiger charge is -2.34. The van der Waals surface area contributed by atoms with Crippen molar-refractivity contribution in [1.82, 2.24) is 0 Å². The maximum Gasteiger partial charge on any atom is 0.178 e. The van der Waals surface area contributed by atoms with Crippen LogP contribution in [0.1, 0.15) is 13.8 Å². The number of rotatable bonds is 0. The molecule has 0 aromatic carbocycles. The average molecular weight is 174 g/mol. The van der Waals surface area contributed by atoms with Gasteiger partial charge in [-0.25, -0.2) is 8.42 Å². The monoisotopic (exact) mass is 174 g/mol. The highest BCUT2D eigenvalue weighted by molar-refractivity contribution is 7.93. The quantitative estimate of drug-likeness (QED) is 0.540. The Kier molecular flexibility index (Phi) is 1.08. The van der Waals surface area contributed by atoms with Gasteiger partial charge in [0.1, 0.15) is 0 Å². The molecule has 11 heavy (non-hydrogen) atoms. The van der Waals surface area contributed by atoms with Gasteiger partial charge in [0.05, 0.1) is 11.3 Å². The van der Waals surface area contributed by atoms with Crippen LogP contribution in [0.3, 0.4) is 0 Å². The van der Waals surface area contributed by atoms with Crippen molar-refractivity contribution in [2.24, 2.45) is 16.1 Å². The number of fused-ring (bicyclic) bond motifs is 1. The van der Waals surface area contributed by atoms with Gasteiger partial charge in [-0.15, -0.1) is 0 Å². The van der Waals surface area contributed by atoms with E-state index in [1.165, 1.54) is 0 Å².